The summed E-state index contributed by atoms with van der Waals surface area (Å²) in [6.45, 7) is 0. The molecule has 10 aromatic carbocycles. The van der Waals surface area contributed by atoms with Crippen molar-refractivity contribution in [2.75, 3.05) is 4.90 Å². The molecule has 1 aliphatic carbocycles. The zero-order chi connectivity index (χ0) is 66.3. The molecule has 3 aliphatic rings. The largest absolute Gasteiger partial charge is 0.310 e. The number of fused-ring (bicyclic) bond motifs is 7. The molecule has 34 heteroatoms. The molecule has 1 atom stereocenters. The van der Waals surface area contributed by atoms with Crippen molar-refractivity contribution in [2.45, 2.75) is 25.0 Å². The van der Waals surface area contributed by atoms with Crippen LogP contribution in [0, 0.1) is 0 Å². The SMILES string of the molecule is [B]c1cc2c(cc1[B])C13c4cc(c([B])c([B])c4Sc4c([B])c([B])c([B])c([B])c41)Sc1cc3c-2c(N(c2c([B])c([B])c(-c3c([B])c([B])c([B])c([B])c3[B])c3c([B])c([B])c([B])c([B])c23)c2c([B])c([B])c(-c3c([B])c([B])c([B])c([B])c3[B])c3c([B])c([B])c([B])c([B])c23)c1[B]. The zero-order valence-corrected chi connectivity index (χ0v) is 49.6. The highest BCUT2D eigenvalue weighted by molar-refractivity contribution is 8.00. The van der Waals surface area contributed by atoms with Crippen molar-refractivity contribution in [3.05, 3.63) is 46.5 Å². The summed E-state index contributed by atoms with van der Waals surface area (Å²) < 4.78 is 0. The van der Waals surface area contributed by atoms with Gasteiger partial charge in [-0.3, -0.25) is 0 Å². The summed E-state index contributed by atoms with van der Waals surface area (Å²) in [5.41, 5.74) is -4.95. The molecule has 0 amide bonds. The van der Waals surface area contributed by atoms with Crippen molar-refractivity contribution in [1.29, 1.82) is 0 Å². The summed E-state index contributed by atoms with van der Waals surface area (Å²) in [5, 5.41) is -0.460. The van der Waals surface area contributed by atoms with Gasteiger partial charge in [0.05, 0.1) is 5.41 Å². The summed E-state index contributed by atoms with van der Waals surface area (Å²) in [4.78, 5) is 3.03. The van der Waals surface area contributed by atoms with E-state index in [-0.39, 0.29) is 236 Å². The van der Waals surface area contributed by atoms with E-state index in [0.717, 1.165) is 11.8 Å². The predicted octanol–water partition coefficient (Wildman–Crippen LogP) is -21.3. The topological polar surface area (TPSA) is 3.24 Å². The van der Waals surface area contributed by atoms with E-state index in [1.807, 2.05) is 12.1 Å². The molecule has 4 bridgehead atoms. The third kappa shape index (κ3) is 8.27. The molecule has 1 unspecified atom stereocenters. The van der Waals surface area contributed by atoms with E-state index < -0.39 is 5.41 Å². The van der Waals surface area contributed by atoms with Crippen LogP contribution in [-0.2, 0) is 5.41 Å². The number of anilines is 3. The van der Waals surface area contributed by atoms with Crippen LogP contribution in [0.2, 0.25) is 0 Å². The summed E-state index contributed by atoms with van der Waals surface area (Å²) in [7, 11) is 219. The Hall–Kier alpha value is -4.77. The molecule has 0 saturated heterocycles. The van der Waals surface area contributed by atoms with Crippen LogP contribution in [0.4, 0.5) is 17.1 Å². The molecule has 1 spiro atoms. The number of nitrogens with zero attached hydrogens (tertiary/aromatic N) is 1. The lowest BCUT2D eigenvalue weighted by Gasteiger charge is -2.45. The van der Waals surface area contributed by atoms with Crippen LogP contribution in [0.5, 0.6) is 0 Å². The Morgan fingerprint density at radius 1 is 0.231 bits per heavy atom. The first-order chi connectivity index (χ1) is 42.6. The van der Waals surface area contributed by atoms with Gasteiger partial charge in [-0.25, -0.2) is 0 Å². The van der Waals surface area contributed by atoms with E-state index in [1.165, 1.54) is 16.7 Å². The molecule has 0 fully saturated rings. The molecular formula is C57H4B31NS2. The van der Waals surface area contributed by atoms with Gasteiger partial charge in [-0.2, -0.15) is 0 Å². The Morgan fingerprint density at radius 2 is 0.571 bits per heavy atom. The number of hydrogen-bond donors (Lipinski definition) is 0. The molecule has 62 radical (unpaired) electrons. The van der Waals surface area contributed by atoms with E-state index in [9.17, 15) is 0 Å². The van der Waals surface area contributed by atoms with E-state index in [1.54, 1.807) is 12.1 Å². The fraction of sp³-hybridized carbons (Fsp3) is 0.0175. The Balaban J connectivity index is 1.37. The van der Waals surface area contributed by atoms with Crippen molar-refractivity contribution >= 4 is 475 Å². The lowest BCUT2D eigenvalue weighted by atomic mass is 9.56. The maximum absolute atomic E-state index is 7.98. The zero-order valence-electron chi connectivity index (χ0n) is 48.0. The van der Waals surface area contributed by atoms with Crippen molar-refractivity contribution in [2.24, 2.45) is 0 Å². The number of hydrogen-bond acceptors (Lipinski definition) is 3. The summed E-state index contributed by atoms with van der Waals surface area (Å²) in [5.74, 6) is 0. The van der Waals surface area contributed by atoms with Gasteiger partial charge in [0.25, 0.3) is 0 Å². The highest BCUT2D eigenvalue weighted by atomic mass is 32.2. The lowest BCUT2D eigenvalue weighted by Crippen LogP contribution is -2.56. The molecule has 1 nitrogen and oxygen atoms in total. The second-order valence-corrected chi connectivity index (χ2v) is 24.7. The van der Waals surface area contributed by atoms with Crippen LogP contribution in [0.3, 0.4) is 0 Å². The minimum atomic E-state index is -1.67. The molecular weight excluding hydrogens is 1100 g/mol. The first-order valence-corrected chi connectivity index (χ1v) is 28.6. The highest BCUT2D eigenvalue weighted by Crippen LogP contribution is 2.64. The van der Waals surface area contributed by atoms with E-state index in [0.29, 0.717) is 47.4 Å². The molecule has 10 aromatic rings. The minimum absolute atomic E-state index is 0.00526. The Bertz CT molecular complexity index is 4980. The maximum Gasteiger partial charge on any atom is 0.118 e. The quantitative estimate of drug-likeness (QED) is 0.158. The van der Waals surface area contributed by atoms with Crippen LogP contribution in [0.15, 0.2) is 43.8 Å². The van der Waals surface area contributed by atoms with Gasteiger partial charge in [0.15, 0.2) is 0 Å². The fourth-order valence-corrected chi connectivity index (χ4v) is 15.8. The van der Waals surface area contributed by atoms with Gasteiger partial charge in [0.2, 0.25) is 0 Å². The van der Waals surface area contributed by atoms with Crippen LogP contribution in [0.1, 0.15) is 22.3 Å². The molecule has 0 N–H and O–H groups in total. The van der Waals surface area contributed by atoms with Crippen LogP contribution < -0.4 is 174 Å². The van der Waals surface area contributed by atoms with Gasteiger partial charge >= 0.3 is 0 Å². The van der Waals surface area contributed by atoms with Gasteiger partial charge in [0.1, 0.15) is 243 Å². The van der Waals surface area contributed by atoms with Crippen molar-refractivity contribution < 1.29 is 0 Å². The van der Waals surface area contributed by atoms with Gasteiger partial charge in [-0.15, -0.1) is 76.5 Å². The number of benzene rings is 10. The average molecular weight is 1100 g/mol. The molecule has 91 heavy (non-hydrogen) atoms. The molecule has 13 rings (SSSR count). The van der Waals surface area contributed by atoms with Crippen LogP contribution in [0.25, 0.3) is 54.9 Å². The van der Waals surface area contributed by atoms with Crippen LogP contribution in [-0.4, -0.2) is 243 Å². The average Bonchev–Trinajstić information content (AvgIpc) is 1.56. The number of rotatable bonds is 5. The van der Waals surface area contributed by atoms with E-state index in [4.69, 9.17) is 243 Å². The second-order valence-electron chi connectivity index (χ2n) is 22.6. The van der Waals surface area contributed by atoms with Crippen LogP contribution >= 0.6 is 23.5 Å². The lowest BCUT2D eigenvalue weighted by molar-refractivity contribution is 0.728. The third-order valence-corrected chi connectivity index (χ3v) is 20.6. The molecule has 0 saturated carbocycles. The van der Waals surface area contributed by atoms with E-state index in [2.05, 4.69) is 0 Å². The minimum Gasteiger partial charge on any atom is -0.310 e. The standard InChI is InChI=1S/C57H4B31NS2/c58-9-1-5-6(2-10(9)59)57-7-3-12(90-11-4-8(57)55(50(87)23(11)60)91-56-22(57)35(72)44(81)47(84)51(56)88)24(61)52(13(5)7)89(53-20-16(25(62)36(73)42(79)33(20)70)14(27(64)48(53)85)18-29(66)38(75)45(82)39(76)30(18)67)54-21-17(26(63)37(74)43(80)34(21)71)15(28(65)49(54)86)19-31(68)40(77)46(83)41(78)32(19)69/h1-4H. The fourth-order valence-electron chi connectivity index (χ4n) is 13.5. The van der Waals surface area contributed by atoms with Gasteiger partial charge in [-0.05, 0) is 83.7 Å². The molecule has 0 aromatic heterocycles. The molecule has 342 valence electrons. The first kappa shape index (κ1) is 64.9. The summed E-state index contributed by atoms with van der Waals surface area (Å²) in [6.07, 6.45) is 0. The van der Waals surface area contributed by atoms with Gasteiger partial charge in [0, 0.05) is 42.2 Å². The Kier molecular flexibility index (Phi) is 15.6. The summed E-state index contributed by atoms with van der Waals surface area (Å²) >= 11 is 2.32. The van der Waals surface area contributed by atoms with Crippen molar-refractivity contribution in [3.63, 3.8) is 0 Å². The maximum atomic E-state index is 7.98. The molecule has 2 heterocycles. The van der Waals surface area contributed by atoms with E-state index >= 15 is 0 Å². The monoisotopic (exact) mass is 1110 g/mol. The van der Waals surface area contributed by atoms with Crippen molar-refractivity contribution in [3.8, 4) is 33.4 Å². The Morgan fingerprint density at radius 3 is 1.02 bits per heavy atom. The summed E-state index contributed by atoms with van der Waals surface area (Å²) in [6, 6.07) is 7.07. The normalized spacial score (nSPS) is 14.2. The van der Waals surface area contributed by atoms with Gasteiger partial charge in [-0.1, -0.05) is 129 Å². The molecule has 2 aliphatic heterocycles. The predicted molar refractivity (Wildman–Crippen MR) is 420 cm³/mol. The van der Waals surface area contributed by atoms with Crippen molar-refractivity contribution in [1.82, 2.24) is 0 Å². The highest BCUT2D eigenvalue weighted by Gasteiger charge is 2.54. The second kappa shape index (κ2) is 21.9. The van der Waals surface area contributed by atoms with Gasteiger partial charge < -0.3 is 4.90 Å². The smallest absolute Gasteiger partial charge is 0.118 e. The first-order valence-electron chi connectivity index (χ1n) is 27.0. The Labute approximate surface area is 579 Å². The third-order valence-electron chi connectivity index (χ3n) is 18.2.